The maximum Gasteiger partial charge on any atom is 0.251 e. The summed E-state index contributed by atoms with van der Waals surface area (Å²) in [4.78, 5) is 23.9. The Balaban J connectivity index is 1.59. The Morgan fingerprint density at radius 3 is 2.06 bits per heavy atom. The van der Waals surface area contributed by atoms with Crippen molar-refractivity contribution in [1.82, 2.24) is 15.3 Å². The van der Waals surface area contributed by atoms with Crippen molar-refractivity contribution in [3.63, 3.8) is 0 Å². The first kappa shape index (κ1) is 23.4. The number of hydrogen-bond donors (Lipinski definition) is 2. The van der Waals surface area contributed by atoms with Crippen LogP contribution in [0, 0.1) is 6.92 Å². The summed E-state index contributed by atoms with van der Waals surface area (Å²) in [5.41, 5.74) is 1.40. The van der Waals surface area contributed by atoms with Gasteiger partial charge in [-0.1, -0.05) is 0 Å². The van der Waals surface area contributed by atoms with E-state index in [0.29, 0.717) is 28.8 Å². The molecule has 0 aliphatic heterocycles. The highest BCUT2D eigenvalue weighted by Crippen LogP contribution is 2.38. The Labute approximate surface area is 189 Å². The van der Waals surface area contributed by atoms with Crippen LogP contribution in [0.5, 0.6) is 17.2 Å². The average Bonchev–Trinajstić information content (AvgIpc) is 2.78. The fraction of sp³-hybridized carbons (Fsp3) is 0.522. The highest BCUT2D eigenvalue weighted by atomic mass is 16.5. The van der Waals surface area contributed by atoms with Gasteiger partial charge in [-0.3, -0.25) is 4.79 Å². The molecule has 3 rings (SSSR count). The van der Waals surface area contributed by atoms with E-state index in [9.17, 15) is 4.79 Å². The molecule has 1 aliphatic carbocycles. The summed E-state index contributed by atoms with van der Waals surface area (Å²) in [5.74, 6) is 2.76. The van der Waals surface area contributed by atoms with Gasteiger partial charge in [0, 0.05) is 43.5 Å². The van der Waals surface area contributed by atoms with Crippen LogP contribution in [0.4, 0.5) is 11.8 Å². The predicted octanol–water partition coefficient (Wildman–Crippen LogP) is 3.03. The first-order valence-corrected chi connectivity index (χ1v) is 10.7. The summed E-state index contributed by atoms with van der Waals surface area (Å²) in [5, 5.41) is 6.59. The van der Waals surface area contributed by atoms with Crippen LogP contribution < -0.4 is 29.7 Å². The molecule has 0 spiro atoms. The van der Waals surface area contributed by atoms with Gasteiger partial charge in [-0.05, 0) is 44.7 Å². The van der Waals surface area contributed by atoms with Crippen molar-refractivity contribution >= 4 is 17.7 Å². The summed E-state index contributed by atoms with van der Waals surface area (Å²) < 4.78 is 16.0. The highest BCUT2D eigenvalue weighted by Gasteiger charge is 2.25. The molecule has 1 aromatic heterocycles. The van der Waals surface area contributed by atoms with Crippen molar-refractivity contribution in [1.29, 1.82) is 0 Å². The molecule has 9 nitrogen and oxygen atoms in total. The number of aromatic nitrogens is 2. The van der Waals surface area contributed by atoms with E-state index in [-0.39, 0.29) is 18.0 Å². The number of nitrogens with one attached hydrogen (secondary N) is 2. The van der Waals surface area contributed by atoms with Gasteiger partial charge in [0.1, 0.15) is 5.82 Å². The SMILES string of the molecule is COc1cc(C(=O)NC2CCC(Nc3nc(C)cc(N(C)C)n3)CC2)cc(OC)c1OC. The normalized spacial score (nSPS) is 17.9. The predicted molar refractivity (Wildman–Crippen MR) is 124 cm³/mol. The molecule has 1 saturated carbocycles. The van der Waals surface area contributed by atoms with Crippen molar-refractivity contribution in [2.24, 2.45) is 0 Å². The van der Waals surface area contributed by atoms with E-state index < -0.39 is 0 Å². The number of rotatable bonds is 8. The summed E-state index contributed by atoms with van der Waals surface area (Å²) >= 11 is 0. The molecule has 174 valence electrons. The number of hydrogen-bond acceptors (Lipinski definition) is 8. The van der Waals surface area contributed by atoms with Gasteiger partial charge in [-0.15, -0.1) is 0 Å². The fourth-order valence-corrected chi connectivity index (χ4v) is 3.89. The number of aryl methyl sites for hydroxylation is 1. The Bertz CT molecular complexity index is 917. The Morgan fingerprint density at radius 1 is 0.938 bits per heavy atom. The molecule has 0 saturated heterocycles. The third-order valence-corrected chi connectivity index (χ3v) is 5.62. The Hall–Kier alpha value is -3.23. The van der Waals surface area contributed by atoms with Gasteiger partial charge in [-0.2, -0.15) is 4.98 Å². The number of benzene rings is 1. The van der Waals surface area contributed by atoms with Crippen LogP contribution in [-0.4, -0.2) is 63.4 Å². The largest absolute Gasteiger partial charge is 0.493 e. The maximum atomic E-state index is 12.9. The lowest BCUT2D eigenvalue weighted by atomic mass is 9.91. The molecule has 0 unspecified atom stereocenters. The number of carbonyl (C=O) groups is 1. The van der Waals surface area contributed by atoms with Gasteiger partial charge in [0.15, 0.2) is 11.5 Å². The van der Waals surface area contributed by atoms with Crippen LogP contribution in [0.3, 0.4) is 0 Å². The minimum Gasteiger partial charge on any atom is -0.493 e. The van der Waals surface area contributed by atoms with E-state index in [0.717, 1.165) is 37.2 Å². The number of nitrogens with zero attached hydrogens (tertiary/aromatic N) is 3. The summed E-state index contributed by atoms with van der Waals surface area (Å²) in [7, 11) is 8.54. The summed E-state index contributed by atoms with van der Waals surface area (Å²) in [6.07, 6.45) is 3.60. The molecule has 0 radical (unpaired) electrons. The topological polar surface area (TPSA) is 97.8 Å². The Morgan fingerprint density at radius 2 is 1.53 bits per heavy atom. The second-order valence-electron chi connectivity index (χ2n) is 8.17. The average molecular weight is 444 g/mol. The van der Waals surface area contributed by atoms with Crippen LogP contribution >= 0.6 is 0 Å². The third kappa shape index (κ3) is 5.52. The van der Waals surface area contributed by atoms with Gasteiger partial charge in [0.2, 0.25) is 11.7 Å². The zero-order valence-electron chi connectivity index (χ0n) is 19.7. The number of carbonyl (C=O) groups excluding carboxylic acids is 1. The van der Waals surface area contributed by atoms with E-state index in [2.05, 4.69) is 20.6 Å². The summed E-state index contributed by atoms with van der Waals surface area (Å²) in [6, 6.07) is 5.68. The third-order valence-electron chi connectivity index (χ3n) is 5.62. The molecular weight excluding hydrogens is 410 g/mol. The molecule has 0 bridgehead atoms. The first-order valence-electron chi connectivity index (χ1n) is 10.7. The standard InChI is InChI=1S/C23H33N5O4/c1-14-11-20(28(2)3)27-23(24-14)26-17-9-7-16(8-10-17)25-22(29)15-12-18(30-4)21(32-6)19(13-15)31-5/h11-13,16-17H,7-10H2,1-6H3,(H,25,29)(H,24,26,27). The van der Waals surface area contributed by atoms with E-state index in [1.807, 2.05) is 32.0 Å². The quantitative estimate of drug-likeness (QED) is 0.643. The van der Waals surface area contributed by atoms with E-state index >= 15 is 0 Å². The van der Waals surface area contributed by atoms with Crippen LogP contribution in [0.25, 0.3) is 0 Å². The second-order valence-corrected chi connectivity index (χ2v) is 8.17. The monoisotopic (exact) mass is 443 g/mol. The molecule has 0 atom stereocenters. The lowest BCUT2D eigenvalue weighted by Crippen LogP contribution is -2.40. The molecular formula is C23H33N5O4. The van der Waals surface area contributed by atoms with E-state index in [1.54, 1.807) is 12.1 Å². The van der Waals surface area contributed by atoms with Crippen LogP contribution in [-0.2, 0) is 0 Å². The van der Waals surface area contributed by atoms with Crippen LogP contribution in [0.15, 0.2) is 18.2 Å². The number of amides is 1. The molecule has 1 heterocycles. The Kier molecular flexibility index (Phi) is 7.61. The number of anilines is 2. The fourth-order valence-electron chi connectivity index (χ4n) is 3.89. The summed E-state index contributed by atoms with van der Waals surface area (Å²) in [6.45, 7) is 1.97. The van der Waals surface area contributed by atoms with Crippen molar-refractivity contribution < 1.29 is 19.0 Å². The minimum absolute atomic E-state index is 0.107. The molecule has 1 amide bonds. The lowest BCUT2D eigenvalue weighted by molar-refractivity contribution is 0.0925. The molecule has 2 aromatic rings. The maximum absolute atomic E-state index is 12.9. The molecule has 2 N–H and O–H groups in total. The van der Waals surface area contributed by atoms with Gasteiger partial charge in [0.25, 0.3) is 5.91 Å². The van der Waals surface area contributed by atoms with Gasteiger partial charge in [-0.25, -0.2) is 4.98 Å². The highest BCUT2D eigenvalue weighted by molar-refractivity contribution is 5.95. The van der Waals surface area contributed by atoms with Gasteiger partial charge < -0.3 is 29.7 Å². The molecule has 1 aliphatic rings. The lowest BCUT2D eigenvalue weighted by Gasteiger charge is -2.30. The van der Waals surface area contributed by atoms with Crippen LogP contribution in [0.2, 0.25) is 0 Å². The second kappa shape index (κ2) is 10.4. The first-order chi connectivity index (χ1) is 15.3. The number of ether oxygens (including phenoxy) is 3. The minimum atomic E-state index is -0.154. The van der Waals surface area contributed by atoms with E-state index in [4.69, 9.17) is 14.2 Å². The van der Waals surface area contributed by atoms with Crippen molar-refractivity contribution in [3.8, 4) is 17.2 Å². The van der Waals surface area contributed by atoms with Gasteiger partial charge in [0.05, 0.1) is 21.3 Å². The van der Waals surface area contributed by atoms with Crippen molar-refractivity contribution in [2.75, 3.05) is 45.6 Å². The zero-order chi connectivity index (χ0) is 23.3. The molecule has 9 heteroatoms. The smallest absolute Gasteiger partial charge is 0.251 e. The van der Waals surface area contributed by atoms with Crippen LogP contribution in [0.1, 0.15) is 41.7 Å². The van der Waals surface area contributed by atoms with Gasteiger partial charge >= 0.3 is 0 Å². The molecule has 1 aromatic carbocycles. The zero-order valence-corrected chi connectivity index (χ0v) is 19.7. The van der Waals surface area contributed by atoms with Crippen molar-refractivity contribution in [2.45, 2.75) is 44.7 Å². The van der Waals surface area contributed by atoms with Crippen molar-refractivity contribution in [3.05, 3.63) is 29.5 Å². The van der Waals surface area contributed by atoms with E-state index in [1.165, 1.54) is 21.3 Å². The number of methoxy groups -OCH3 is 3. The molecule has 32 heavy (non-hydrogen) atoms. The molecule has 1 fully saturated rings.